The number of halogens is 3. The van der Waals surface area contributed by atoms with Crippen LogP contribution in [0.25, 0.3) is 0 Å². The van der Waals surface area contributed by atoms with Gasteiger partial charge in [0.2, 0.25) is 0 Å². The number of nitrogens with one attached hydrogen (secondary N) is 1. The molecule has 0 bridgehead atoms. The summed E-state index contributed by atoms with van der Waals surface area (Å²) < 4.78 is 45.2. The fourth-order valence-corrected chi connectivity index (χ4v) is 1.66. The van der Waals surface area contributed by atoms with Gasteiger partial charge >= 0.3 is 6.18 Å². The van der Waals surface area contributed by atoms with Crippen LogP contribution < -0.4 is 10.1 Å². The molecule has 2 rings (SSSR count). The summed E-state index contributed by atoms with van der Waals surface area (Å²) in [6, 6.07) is 8.18. The molecule has 1 aromatic rings. The number of benzene rings is 1. The molecule has 3 nitrogen and oxygen atoms in total. The van der Waals surface area contributed by atoms with Crippen LogP contribution in [0.15, 0.2) is 24.3 Å². The first-order chi connectivity index (χ1) is 9.53. The van der Waals surface area contributed by atoms with Crippen LogP contribution in [0.2, 0.25) is 0 Å². The summed E-state index contributed by atoms with van der Waals surface area (Å²) in [5.41, 5.74) is 1.16. The lowest BCUT2D eigenvalue weighted by molar-refractivity contribution is -0.175. The Morgan fingerprint density at radius 1 is 1.10 bits per heavy atom. The smallest absolute Gasteiger partial charge is 0.411 e. The number of hydrogen-bond acceptors (Lipinski definition) is 3. The van der Waals surface area contributed by atoms with E-state index in [1.165, 1.54) is 12.8 Å². The summed E-state index contributed by atoms with van der Waals surface area (Å²) in [6.07, 6.45) is -1.78. The van der Waals surface area contributed by atoms with Crippen molar-refractivity contribution in [1.29, 1.82) is 0 Å². The van der Waals surface area contributed by atoms with E-state index in [0.717, 1.165) is 12.1 Å². The number of ether oxygens (including phenoxy) is 2. The van der Waals surface area contributed by atoms with Crippen LogP contribution in [-0.4, -0.2) is 32.0 Å². The lowest BCUT2D eigenvalue weighted by Gasteiger charge is -2.09. The van der Waals surface area contributed by atoms with E-state index >= 15 is 0 Å². The fraction of sp³-hybridized carbons (Fsp3) is 0.571. The minimum Gasteiger partial charge on any atom is -0.491 e. The van der Waals surface area contributed by atoms with E-state index in [2.05, 4.69) is 10.1 Å². The van der Waals surface area contributed by atoms with Gasteiger partial charge in [0.05, 0.1) is 6.61 Å². The second-order valence-electron chi connectivity index (χ2n) is 4.82. The first kappa shape index (κ1) is 15.1. The van der Waals surface area contributed by atoms with Crippen molar-refractivity contribution >= 4 is 0 Å². The highest BCUT2D eigenvalue weighted by Gasteiger charge is 2.27. The zero-order valence-corrected chi connectivity index (χ0v) is 11.1. The van der Waals surface area contributed by atoms with Crippen LogP contribution in [0.4, 0.5) is 13.2 Å². The van der Waals surface area contributed by atoms with E-state index < -0.39 is 12.8 Å². The average Bonchev–Trinajstić information content (AvgIpc) is 3.20. The third kappa shape index (κ3) is 6.25. The third-order valence-electron chi connectivity index (χ3n) is 2.86. The first-order valence-electron chi connectivity index (χ1n) is 6.62. The SMILES string of the molecule is FC(F)(F)COCCOc1ccc(CNC2CC2)cc1. The molecule has 0 heterocycles. The van der Waals surface area contributed by atoms with E-state index in [1.54, 1.807) is 0 Å². The van der Waals surface area contributed by atoms with Gasteiger partial charge in [-0.25, -0.2) is 0 Å². The van der Waals surface area contributed by atoms with Crippen LogP contribution in [0, 0.1) is 0 Å². The second-order valence-corrected chi connectivity index (χ2v) is 4.82. The van der Waals surface area contributed by atoms with Gasteiger partial charge in [-0.3, -0.25) is 0 Å². The van der Waals surface area contributed by atoms with Crippen molar-refractivity contribution in [3.63, 3.8) is 0 Å². The monoisotopic (exact) mass is 289 g/mol. The number of rotatable bonds is 8. The van der Waals surface area contributed by atoms with Crippen LogP contribution in [0.1, 0.15) is 18.4 Å². The minimum atomic E-state index is -4.28. The molecule has 112 valence electrons. The van der Waals surface area contributed by atoms with Gasteiger partial charge in [0, 0.05) is 12.6 Å². The Balaban J connectivity index is 1.60. The maximum atomic E-state index is 11.8. The largest absolute Gasteiger partial charge is 0.491 e. The molecule has 1 aromatic carbocycles. The van der Waals surface area contributed by atoms with E-state index in [4.69, 9.17) is 4.74 Å². The molecular formula is C14H18F3NO2. The van der Waals surface area contributed by atoms with Crippen molar-refractivity contribution in [2.24, 2.45) is 0 Å². The first-order valence-corrected chi connectivity index (χ1v) is 6.62. The van der Waals surface area contributed by atoms with E-state index in [0.29, 0.717) is 11.8 Å². The molecule has 0 aliphatic heterocycles. The molecule has 0 radical (unpaired) electrons. The Labute approximate surface area is 116 Å². The zero-order valence-electron chi connectivity index (χ0n) is 11.1. The van der Waals surface area contributed by atoms with Gasteiger partial charge in [-0.05, 0) is 30.5 Å². The van der Waals surface area contributed by atoms with Crippen molar-refractivity contribution in [1.82, 2.24) is 5.32 Å². The topological polar surface area (TPSA) is 30.5 Å². The lowest BCUT2D eigenvalue weighted by atomic mass is 10.2. The summed E-state index contributed by atoms with van der Waals surface area (Å²) in [6.45, 7) is -0.373. The van der Waals surface area contributed by atoms with Crippen LogP contribution in [0.3, 0.4) is 0 Å². The fourth-order valence-electron chi connectivity index (χ4n) is 1.66. The van der Waals surface area contributed by atoms with E-state index in [-0.39, 0.29) is 13.2 Å². The molecule has 0 atom stereocenters. The maximum absolute atomic E-state index is 11.8. The van der Waals surface area contributed by atoms with Gasteiger partial charge in [-0.1, -0.05) is 12.1 Å². The Morgan fingerprint density at radius 2 is 1.80 bits per heavy atom. The van der Waals surface area contributed by atoms with Crippen LogP contribution >= 0.6 is 0 Å². The molecule has 0 spiro atoms. The van der Waals surface area contributed by atoms with Gasteiger partial charge in [-0.15, -0.1) is 0 Å². The van der Waals surface area contributed by atoms with E-state index in [9.17, 15) is 13.2 Å². The molecule has 1 aliphatic carbocycles. The van der Waals surface area contributed by atoms with Crippen LogP contribution in [-0.2, 0) is 11.3 Å². The zero-order chi connectivity index (χ0) is 14.4. The molecule has 1 aliphatic rings. The van der Waals surface area contributed by atoms with Gasteiger partial charge < -0.3 is 14.8 Å². The molecular weight excluding hydrogens is 271 g/mol. The molecule has 0 amide bonds. The molecule has 0 saturated heterocycles. The Hall–Kier alpha value is -1.27. The van der Waals surface area contributed by atoms with Crippen molar-refractivity contribution < 1.29 is 22.6 Å². The average molecular weight is 289 g/mol. The maximum Gasteiger partial charge on any atom is 0.411 e. The highest BCUT2D eigenvalue weighted by atomic mass is 19.4. The van der Waals surface area contributed by atoms with Gasteiger partial charge in [-0.2, -0.15) is 13.2 Å². The highest BCUT2D eigenvalue weighted by Crippen LogP contribution is 2.20. The molecule has 1 fully saturated rings. The second kappa shape index (κ2) is 6.95. The molecule has 20 heavy (non-hydrogen) atoms. The predicted molar refractivity (Wildman–Crippen MR) is 68.7 cm³/mol. The minimum absolute atomic E-state index is 0.0789. The summed E-state index contributed by atoms with van der Waals surface area (Å²) in [5.74, 6) is 0.635. The van der Waals surface area contributed by atoms with Crippen LogP contribution in [0.5, 0.6) is 5.75 Å². The Bertz CT molecular complexity index is 402. The molecule has 6 heteroatoms. The summed E-state index contributed by atoms with van der Waals surface area (Å²) in [5, 5.41) is 3.40. The summed E-state index contributed by atoms with van der Waals surface area (Å²) >= 11 is 0. The quantitative estimate of drug-likeness (QED) is 0.746. The predicted octanol–water partition coefficient (Wildman–Crippen LogP) is 2.90. The standard InChI is InChI=1S/C14H18F3NO2/c15-14(16,17)10-19-7-8-20-13-5-1-11(2-6-13)9-18-12-3-4-12/h1-2,5-6,12,18H,3-4,7-10H2. The highest BCUT2D eigenvalue weighted by molar-refractivity contribution is 5.27. The number of alkyl halides is 3. The summed E-state index contributed by atoms with van der Waals surface area (Å²) in [7, 11) is 0. The van der Waals surface area contributed by atoms with Crippen molar-refractivity contribution in [2.45, 2.75) is 31.6 Å². The van der Waals surface area contributed by atoms with Gasteiger partial charge in [0.25, 0.3) is 0 Å². The summed E-state index contributed by atoms with van der Waals surface area (Å²) in [4.78, 5) is 0. The van der Waals surface area contributed by atoms with Crippen molar-refractivity contribution in [2.75, 3.05) is 19.8 Å². The Kier molecular flexibility index (Phi) is 5.25. The Morgan fingerprint density at radius 3 is 2.40 bits per heavy atom. The van der Waals surface area contributed by atoms with Gasteiger partial charge in [0.15, 0.2) is 0 Å². The molecule has 1 saturated carbocycles. The number of hydrogen-bond donors (Lipinski definition) is 1. The lowest BCUT2D eigenvalue weighted by Crippen LogP contribution is -2.19. The normalized spacial score (nSPS) is 15.3. The molecule has 0 aromatic heterocycles. The molecule has 0 unspecified atom stereocenters. The third-order valence-corrected chi connectivity index (χ3v) is 2.86. The van der Waals surface area contributed by atoms with Crippen molar-refractivity contribution in [3.8, 4) is 5.75 Å². The van der Waals surface area contributed by atoms with Gasteiger partial charge in [0.1, 0.15) is 19.0 Å². The van der Waals surface area contributed by atoms with Crippen molar-refractivity contribution in [3.05, 3.63) is 29.8 Å². The molecule has 1 N–H and O–H groups in total. The van der Waals surface area contributed by atoms with E-state index in [1.807, 2.05) is 24.3 Å².